The highest BCUT2D eigenvalue weighted by Crippen LogP contribution is 2.28. The van der Waals surface area contributed by atoms with Crippen molar-refractivity contribution < 1.29 is 13.9 Å². The number of carbonyl (C=O) groups is 1. The third kappa shape index (κ3) is 4.39. The topological polar surface area (TPSA) is 26.3 Å². The van der Waals surface area contributed by atoms with Gasteiger partial charge >= 0.3 is 5.97 Å². The predicted molar refractivity (Wildman–Crippen MR) is 72.6 cm³/mol. The average Bonchev–Trinajstić information content (AvgIpc) is 2.11. The molecule has 0 aliphatic rings. The maximum atomic E-state index is 13.1. The molecule has 0 spiro atoms. The van der Waals surface area contributed by atoms with Gasteiger partial charge in [0.1, 0.15) is 6.61 Å². The fourth-order valence-electron chi connectivity index (χ4n) is 1.72. The van der Waals surface area contributed by atoms with E-state index in [0.717, 1.165) is 16.7 Å². The number of carbonyl (C=O) groups excluding carboxylic acids is 1. The molecule has 0 saturated carbocycles. The average molecular weight is 368 g/mol. The van der Waals surface area contributed by atoms with Crippen molar-refractivity contribution in [3.8, 4) is 0 Å². The fraction of sp³-hybridized carbons (Fsp3) is 0.417. The van der Waals surface area contributed by atoms with E-state index in [1.807, 2.05) is 32.9 Å². The number of rotatable bonds is 3. The summed E-state index contributed by atoms with van der Waals surface area (Å²) in [6, 6.07) is 3.79. The number of alkyl halides is 3. The van der Waals surface area contributed by atoms with Gasteiger partial charge in [0.2, 0.25) is 0 Å². The molecule has 5 heteroatoms. The van der Waals surface area contributed by atoms with Crippen LogP contribution in [0.3, 0.4) is 0 Å². The van der Waals surface area contributed by atoms with Gasteiger partial charge in [-0.1, -0.05) is 17.7 Å². The molecule has 0 fully saturated rings. The lowest BCUT2D eigenvalue weighted by molar-refractivity contribution is 0.0448. The van der Waals surface area contributed by atoms with Gasteiger partial charge in [0.15, 0.2) is 0 Å². The van der Waals surface area contributed by atoms with Gasteiger partial charge in [0, 0.05) is 0 Å². The summed E-state index contributed by atoms with van der Waals surface area (Å²) in [6.07, 6.45) is 0. The van der Waals surface area contributed by atoms with Crippen molar-refractivity contribution >= 4 is 37.8 Å². The Hall–Kier alpha value is -0.420. The summed E-state index contributed by atoms with van der Waals surface area (Å²) in [5, 5.41) is 0. The molecule has 0 N–H and O–H groups in total. The van der Waals surface area contributed by atoms with Gasteiger partial charge < -0.3 is 4.74 Å². The maximum absolute atomic E-state index is 13.1. The van der Waals surface area contributed by atoms with Gasteiger partial charge in [0.25, 0.3) is 3.49 Å². The minimum absolute atomic E-state index is 0.390. The molecule has 94 valence electrons. The lowest BCUT2D eigenvalue weighted by Gasteiger charge is -2.13. The van der Waals surface area contributed by atoms with Crippen molar-refractivity contribution in [2.45, 2.75) is 24.3 Å². The molecule has 0 heterocycles. The fourth-order valence-corrected chi connectivity index (χ4v) is 1.95. The molecule has 0 aromatic heterocycles. The quantitative estimate of drug-likeness (QED) is 0.591. The highest BCUT2D eigenvalue weighted by atomic mass is 79.9. The van der Waals surface area contributed by atoms with Gasteiger partial charge in [-0.3, -0.25) is 0 Å². The van der Waals surface area contributed by atoms with E-state index in [1.165, 1.54) is 0 Å². The van der Waals surface area contributed by atoms with Gasteiger partial charge in [0.05, 0.1) is 5.56 Å². The van der Waals surface area contributed by atoms with Gasteiger partial charge in [-0.05, 0) is 63.8 Å². The molecule has 0 saturated heterocycles. The van der Waals surface area contributed by atoms with Crippen molar-refractivity contribution in [1.29, 1.82) is 0 Å². The molecule has 0 aliphatic carbocycles. The molecule has 0 amide bonds. The van der Waals surface area contributed by atoms with Crippen LogP contribution in [0.1, 0.15) is 27.0 Å². The van der Waals surface area contributed by atoms with E-state index in [4.69, 9.17) is 4.74 Å². The van der Waals surface area contributed by atoms with E-state index < -0.39 is 16.1 Å². The Balaban J connectivity index is 2.90. The van der Waals surface area contributed by atoms with Crippen molar-refractivity contribution in [2.24, 2.45) is 0 Å². The summed E-state index contributed by atoms with van der Waals surface area (Å²) in [6.45, 7) is 5.24. The Bertz CT molecular complexity index is 416. The molecule has 0 radical (unpaired) electrons. The monoisotopic (exact) mass is 366 g/mol. The standard InChI is InChI=1S/C12H13Br2FO2/c1-7-4-8(2)10(9(3)5-7)11(16)17-6-12(13,14)15/h4-5H,6H2,1-3H3. The zero-order chi connectivity index (χ0) is 13.2. The largest absolute Gasteiger partial charge is 0.457 e. The van der Waals surface area contributed by atoms with E-state index in [9.17, 15) is 9.18 Å². The van der Waals surface area contributed by atoms with Crippen LogP contribution in [0.25, 0.3) is 0 Å². The van der Waals surface area contributed by atoms with Crippen LogP contribution >= 0.6 is 31.9 Å². The van der Waals surface area contributed by atoms with Crippen LogP contribution < -0.4 is 0 Å². The Morgan fingerprint density at radius 1 is 1.29 bits per heavy atom. The molecule has 0 aliphatic heterocycles. The Morgan fingerprint density at radius 2 is 1.76 bits per heavy atom. The molecular weight excluding hydrogens is 355 g/mol. The van der Waals surface area contributed by atoms with Gasteiger partial charge in [-0.2, -0.15) is 0 Å². The second-order valence-corrected chi connectivity index (χ2v) is 7.54. The summed E-state index contributed by atoms with van der Waals surface area (Å²) in [4.78, 5) is 11.8. The van der Waals surface area contributed by atoms with Crippen molar-refractivity contribution in [3.05, 3.63) is 34.4 Å². The predicted octanol–water partition coefficient (Wildman–Crippen LogP) is 4.18. The van der Waals surface area contributed by atoms with Crippen LogP contribution in [0.2, 0.25) is 0 Å². The SMILES string of the molecule is Cc1cc(C)c(C(=O)OCC(F)(Br)Br)c(C)c1. The van der Waals surface area contributed by atoms with E-state index >= 15 is 0 Å². The summed E-state index contributed by atoms with van der Waals surface area (Å²) >= 11 is 5.40. The van der Waals surface area contributed by atoms with E-state index in [1.54, 1.807) is 0 Å². The minimum Gasteiger partial charge on any atom is -0.457 e. The van der Waals surface area contributed by atoms with Crippen molar-refractivity contribution in [3.63, 3.8) is 0 Å². The number of benzene rings is 1. The summed E-state index contributed by atoms with van der Waals surface area (Å²) < 4.78 is 16.1. The molecule has 1 rings (SSSR count). The minimum atomic E-state index is -1.87. The Kier molecular flexibility index (Phi) is 4.72. The third-order valence-electron chi connectivity index (χ3n) is 2.25. The number of hydrogen-bond donors (Lipinski definition) is 0. The highest BCUT2D eigenvalue weighted by Gasteiger charge is 2.24. The van der Waals surface area contributed by atoms with Crippen LogP contribution in [-0.2, 0) is 4.74 Å². The normalized spacial score (nSPS) is 11.4. The number of hydrogen-bond acceptors (Lipinski definition) is 2. The second kappa shape index (κ2) is 5.48. The molecule has 17 heavy (non-hydrogen) atoms. The lowest BCUT2D eigenvalue weighted by Crippen LogP contribution is -2.18. The van der Waals surface area contributed by atoms with Gasteiger partial charge in [-0.25, -0.2) is 9.18 Å². The first kappa shape index (κ1) is 14.6. The van der Waals surface area contributed by atoms with E-state index in [2.05, 4.69) is 31.9 Å². The van der Waals surface area contributed by atoms with Crippen molar-refractivity contribution in [1.82, 2.24) is 0 Å². The van der Waals surface area contributed by atoms with Crippen LogP contribution in [0, 0.1) is 20.8 Å². The Morgan fingerprint density at radius 3 is 2.18 bits per heavy atom. The number of esters is 1. The number of aryl methyl sites for hydroxylation is 3. The zero-order valence-electron chi connectivity index (χ0n) is 9.81. The molecule has 0 bridgehead atoms. The smallest absolute Gasteiger partial charge is 0.338 e. The summed E-state index contributed by atoms with van der Waals surface area (Å²) in [5.74, 6) is -0.513. The highest BCUT2D eigenvalue weighted by molar-refractivity contribution is 9.25. The Labute approximate surface area is 117 Å². The first-order valence-electron chi connectivity index (χ1n) is 5.02. The first-order chi connectivity index (χ1) is 7.70. The lowest BCUT2D eigenvalue weighted by atomic mass is 10.00. The molecule has 2 nitrogen and oxygen atoms in total. The molecule has 0 atom stereocenters. The zero-order valence-corrected chi connectivity index (χ0v) is 13.0. The van der Waals surface area contributed by atoms with Crippen LogP contribution in [0.4, 0.5) is 4.39 Å². The molecule has 1 aromatic rings. The van der Waals surface area contributed by atoms with Crippen LogP contribution in [-0.4, -0.2) is 16.1 Å². The third-order valence-corrected chi connectivity index (χ3v) is 2.71. The number of ether oxygens (including phenoxy) is 1. The van der Waals surface area contributed by atoms with Crippen molar-refractivity contribution in [2.75, 3.05) is 6.61 Å². The molecule has 0 unspecified atom stereocenters. The molecular formula is C12H13Br2FO2. The summed E-state index contributed by atoms with van der Waals surface area (Å²) in [5.41, 5.74) is 3.25. The number of halogens is 3. The maximum Gasteiger partial charge on any atom is 0.338 e. The summed E-state index contributed by atoms with van der Waals surface area (Å²) in [7, 11) is 0. The molecule has 1 aromatic carbocycles. The van der Waals surface area contributed by atoms with E-state index in [-0.39, 0.29) is 0 Å². The second-order valence-electron chi connectivity index (χ2n) is 3.97. The van der Waals surface area contributed by atoms with Crippen LogP contribution in [0.15, 0.2) is 12.1 Å². The van der Waals surface area contributed by atoms with Crippen LogP contribution in [0.5, 0.6) is 0 Å². The first-order valence-corrected chi connectivity index (χ1v) is 6.61. The van der Waals surface area contributed by atoms with E-state index in [0.29, 0.717) is 5.56 Å². The van der Waals surface area contributed by atoms with Gasteiger partial charge in [-0.15, -0.1) is 0 Å².